The standard InChI is InChI=1S/C12H14F3NO3/c1-18-7-8-9(12(13,14)15)4-3-5-10(8)16-6-11(17)19-2/h3-5,16H,6-7H2,1-2H3. The quantitative estimate of drug-likeness (QED) is 0.840. The van der Waals surface area contributed by atoms with Crippen LogP contribution >= 0.6 is 0 Å². The molecule has 4 nitrogen and oxygen atoms in total. The van der Waals surface area contributed by atoms with Gasteiger partial charge in [0, 0.05) is 18.4 Å². The summed E-state index contributed by atoms with van der Waals surface area (Å²) in [6.07, 6.45) is -4.48. The molecule has 0 amide bonds. The van der Waals surface area contributed by atoms with Gasteiger partial charge in [0.1, 0.15) is 6.54 Å². The highest BCUT2D eigenvalue weighted by Crippen LogP contribution is 2.35. The van der Waals surface area contributed by atoms with Gasteiger partial charge in [0.2, 0.25) is 0 Å². The Labute approximate surface area is 108 Å². The van der Waals surface area contributed by atoms with Crippen LogP contribution in [-0.4, -0.2) is 26.7 Å². The number of rotatable bonds is 5. The molecule has 1 rings (SSSR count). The van der Waals surface area contributed by atoms with Gasteiger partial charge in [-0.05, 0) is 12.1 Å². The molecule has 0 unspecified atom stereocenters. The molecule has 0 aromatic heterocycles. The van der Waals surface area contributed by atoms with Crippen molar-refractivity contribution < 1.29 is 27.4 Å². The average molecular weight is 277 g/mol. The highest BCUT2D eigenvalue weighted by atomic mass is 19.4. The van der Waals surface area contributed by atoms with Crippen LogP contribution in [0.1, 0.15) is 11.1 Å². The first-order valence-corrected chi connectivity index (χ1v) is 5.39. The van der Waals surface area contributed by atoms with Gasteiger partial charge in [-0.1, -0.05) is 6.07 Å². The lowest BCUT2D eigenvalue weighted by Gasteiger charge is -2.17. The summed E-state index contributed by atoms with van der Waals surface area (Å²) in [7, 11) is 2.50. The summed E-state index contributed by atoms with van der Waals surface area (Å²) in [5.74, 6) is -0.569. The predicted octanol–water partition coefficient (Wildman–Crippen LogP) is 2.44. The molecule has 19 heavy (non-hydrogen) atoms. The Bertz CT molecular complexity index is 446. The van der Waals surface area contributed by atoms with Gasteiger partial charge in [-0.15, -0.1) is 0 Å². The average Bonchev–Trinajstić information content (AvgIpc) is 2.36. The SMILES string of the molecule is COCc1c(NCC(=O)OC)cccc1C(F)(F)F. The van der Waals surface area contributed by atoms with E-state index in [0.717, 1.165) is 6.07 Å². The van der Waals surface area contributed by atoms with Crippen molar-refractivity contribution in [2.45, 2.75) is 12.8 Å². The van der Waals surface area contributed by atoms with E-state index in [9.17, 15) is 18.0 Å². The van der Waals surface area contributed by atoms with E-state index in [1.54, 1.807) is 0 Å². The van der Waals surface area contributed by atoms with Crippen LogP contribution in [0.4, 0.5) is 18.9 Å². The fourth-order valence-electron chi connectivity index (χ4n) is 1.56. The number of anilines is 1. The molecule has 0 aliphatic rings. The number of benzene rings is 1. The maximum atomic E-state index is 12.8. The Kier molecular flexibility index (Phi) is 5.17. The third-order valence-electron chi connectivity index (χ3n) is 2.42. The van der Waals surface area contributed by atoms with Gasteiger partial charge in [0.15, 0.2) is 0 Å². The Hall–Kier alpha value is -1.76. The zero-order valence-electron chi connectivity index (χ0n) is 10.5. The monoisotopic (exact) mass is 277 g/mol. The third-order valence-corrected chi connectivity index (χ3v) is 2.42. The lowest BCUT2D eigenvalue weighted by atomic mass is 10.1. The summed E-state index contributed by atoms with van der Waals surface area (Å²) in [5.41, 5.74) is -0.632. The molecule has 106 valence electrons. The maximum Gasteiger partial charge on any atom is 0.416 e. The molecule has 0 heterocycles. The van der Waals surface area contributed by atoms with Crippen molar-refractivity contribution in [1.82, 2.24) is 0 Å². The number of halogens is 3. The van der Waals surface area contributed by atoms with Crippen molar-refractivity contribution in [3.05, 3.63) is 29.3 Å². The zero-order valence-corrected chi connectivity index (χ0v) is 10.5. The third kappa shape index (κ3) is 4.13. The van der Waals surface area contributed by atoms with Gasteiger partial charge in [-0.2, -0.15) is 13.2 Å². The molecule has 0 saturated carbocycles. The lowest BCUT2D eigenvalue weighted by molar-refractivity contribution is -0.139. The highest BCUT2D eigenvalue weighted by molar-refractivity contribution is 5.75. The molecule has 7 heteroatoms. The Morgan fingerprint density at radius 3 is 2.53 bits per heavy atom. The van der Waals surface area contributed by atoms with Crippen LogP contribution in [-0.2, 0) is 27.1 Å². The van der Waals surface area contributed by atoms with E-state index >= 15 is 0 Å². The van der Waals surface area contributed by atoms with Crippen LogP contribution in [0.3, 0.4) is 0 Å². The van der Waals surface area contributed by atoms with Gasteiger partial charge >= 0.3 is 12.1 Å². The van der Waals surface area contributed by atoms with E-state index in [4.69, 9.17) is 4.74 Å². The summed E-state index contributed by atoms with van der Waals surface area (Å²) < 4.78 is 47.7. The van der Waals surface area contributed by atoms with E-state index in [1.165, 1.54) is 26.4 Å². The zero-order chi connectivity index (χ0) is 14.5. The molecular formula is C12H14F3NO3. The summed E-state index contributed by atoms with van der Waals surface area (Å²) in [5, 5.41) is 2.61. The van der Waals surface area contributed by atoms with E-state index in [2.05, 4.69) is 10.1 Å². The first-order chi connectivity index (χ1) is 8.90. The molecule has 0 aliphatic heterocycles. The molecule has 0 fully saturated rings. The lowest BCUT2D eigenvalue weighted by Crippen LogP contribution is -2.18. The minimum Gasteiger partial charge on any atom is -0.468 e. The number of carbonyl (C=O) groups is 1. The molecule has 0 spiro atoms. The second kappa shape index (κ2) is 6.42. The van der Waals surface area contributed by atoms with E-state index in [-0.39, 0.29) is 24.4 Å². The smallest absolute Gasteiger partial charge is 0.416 e. The van der Waals surface area contributed by atoms with Gasteiger partial charge in [0.05, 0.1) is 19.3 Å². The number of esters is 1. The number of methoxy groups -OCH3 is 2. The number of alkyl halides is 3. The topological polar surface area (TPSA) is 47.6 Å². The molecular weight excluding hydrogens is 263 g/mol. The van der Waals surface area contributed by atoms with Crippen molar-refractivity contribution in [3.8, 4) is 0 Å². The number of hydrogen-bond donors (Lipinski definition) is 1. The summed E-state index contributed by atoms with van der Waals surface area (Å²) in [4.78, 5) is 11.0. The number of carbonyl (C=O) groups excluding carboxylic acids is 1. The van der Waals surface area contributed by atoms with Crippen molar-refractivity contribution in [2.24, 2.45) is 0 Å². The van der Waals surface area contributed by atoms with Crippen molar-refractivity contribution in [3.63, 3.8) is 0 Å². The second-order valence-corrected chi connectivity index (χ2v) is 3.69. The Morgan fingerprint density at radius 2 is 2.00 bits per heavy atom. The number of nitrogens with one attached hydrogen (secondary N) is 1. The molecule has 0 atom stereocenters. The van der Waals surface area contributed by atoms with E-state index < -0.39 is 17.7 Å². The van der Waals surface area contributed by atoms with Crippen LogP contribution in [0, 0.1) is 0 Å². The molecule has 0 radical (unpaired) electrons. The molecule has 0 aliphatic carbocycles. The van der Waals surface area contributed by atoms with Gasteiger partial charge in [-0.25, -0.2) is 0 Å². The molecule has 1 N–H and O–H groups in total. The second-order valence-electron chi connectivity index (χ2n) is 3.69. The first-order valence-electron chi connectivity index (χ1n) is 5.39. The van der Waals surface area contributed by atoms with Crippen LogP contribution in [0.2, 0.25) is 0 Å². The summed E-state index contributed by atoms with van der Waals surface area (Å²) in [6.45, 7) is -0.423. The molecule has 0 saturated heterocycles. The molecule has 1 aromatic carbocycles. The van der Waals surface area contributed by atoms with E-state index in [0.29, 0.717) is 0 Å². The number of ether oxygens (including phenoxy) is 2. The largest absolute Gasteiger partial charge is 0.468 e. The van der Waals surface area contributed by atoms with Crippen molar-refractivity contribution in [1.29, 1.82) is 0 Å². The summed E-state index contributed by atoms with van der Waals surface area (Å²) >= 11 is 0. The normalized spacial score (nSPS) is 11.2. The van der Waals surface area contributed by atoms with E-state index in [1.807, 2.05) is 0 Å². The Balaban J connectivity index is 3.06. The fourth-order valence-corrected chi connectivity index (χ4v) is 1.56. The van der Waals surface area contributed by atoms with Gasteiger partial charge in [0.25, 0.3) is 0 Å². The fraction of sp³-hybridized carbons (Fsp3) is 0.417. The van der Waals surface area contributed by atoms with Crippen molar-refractivity contribution >= 4 is 11.7 Å². The maximum absolute atomic E-state index is 12.8. The molecule has 0 bridgehead atoms. The summed E-state index contributed by atoms with van der Waals surface area (Å²) in [6, 6.07) is 3.69. The Morgan fingerprint density at radius 1 is 1.32 bits per heavy atom. The van der Waals surface area contributed by atoms with Crippen molar-refractivity contribution in [2.75, 3.05) is 26.1 Å². The highest BCUT2D eigenvalue weighted by Gasteiger charge is 2.34. The van der Waals surface area contributed by atoms with Crippen LogP contribution in [0.5, 0.6) is 0 Å². The minimum atomic E-state index is -4.48. The van der Waals surface area contributed by atoms with Crippen LogP contribution in [0.25, 0.3) is 0 Å². The predicted molar refractivity (Wildman–Crippen MR) is 62.7 cm³/mol. The van der Waals surface area contributed by atoms with Crippen LogP contribution < -0.4 is 5.32 Å². The van der Waals surface area contributed by atoms with Crippen LogP contribution in [0.15, 0.2) is 18.2 Å². The first kappa shape index (κ1) is 15.3. The minimum absolute atomic E-state index is 0.0404. The van der Waals surface area contributed by atoms with Gasteiger partial charge < -0.3 is 14.8 Å². The molecule has 1 aromatic rings. The number of hydrogen-bond acceptors (Lipinski definition) is 4. The van der Waals surface area contributed by atoms with Gasteiger partial charge in [-0.3, -0.25) is 4.79 Å².